The molecule has 0 fully saturated rings. The third-order valence-corrected chi connectivity index (χ3v) is 5.72. The maximum Gasteiger partial charge on any atom is 0.145 e. The highest BCUT2D eigenvalue weighted by Crippen LogP contribution is 2.44. The van der Waals surface area contributed by atoms with E-state index in [2.05, 4.69) is 53.1 Å². The van der Waals surface area contributed by atoms with Crippen molar-refractivity contribution in [2.24, 2.45) is 5.92 Å². The van der Waals surface area contributed by atoms with Crippen LogP contribution in [0.1, 0.15) is 29.5 Å². The number of rotatable bonds is 2. The summed E-state index contributed by atoms with van der Waals surface area (Å²) in [4.78, 5) is 13.4. The molecule has 0 spiro atoms. The summed E-state index contributed by atoms with van der Waals surface area (Å²) in [5, 5.41) is 7.20. The van der Waals surface area contributed by atoms with Gasteiger partial charge in [-0.3, -0.25) is 4.79 Å². The minimum atomic E-state index is -0.227. The Balaban J connectivity index is 1.63. The first-order valence-electron chi connectivity index (χ1n) is 9.76. The second kappa shape index (κ2) is 7.01. The summed E-state index contributed by atoms with van der Waals surface area (Å²) in [7, 11) is 0. The van der Waals surface area contributed by atoms with Crippen LogP contribution in [0.3, 0.4) is 0 Å². The highest BCUT2D eigenvalue weighted by molar-refractivity contribution is 5.90. The van der Waals surface area contributed by atoms with Gasteiger partial charge in [0.05, 0.1) is 23.3 Å². The van der Waals surface area contributed by atoms with Crippen molar-refractivity contribution < 1.29 is 4.79 Å². The van der Waals surface area contributed by atoms with Gasteiger partial charge in [0.2, 0.25) is 0 Å². The fourth-order valence-electron chi connectivity index (χ4n) is 4.36. The molecule has 1 aliphatic heterocycles. The van der Waals surface area contributed by atoms with Crippen LogP contribution in [0.25, 0.3) is 0 Å². The van der Waals surface area contributed by atoms with E-state index < -0.39 is 0 Å². The van der Waals surface area contributed by atoms with Crippen LogP contribution in [0, 0.1) is 5.92 Å². The summed E-state index contributed by atoms with van der Waals surface area (Å²) in [6.07, 6.45) is 2.78. The number of nitrogens with one attached hydrogen (secondary N) is 2. The summed E-state index contributed by atoms with van der Waals surface area (Å²) in [6, 6.07) is 28.6. The summed E-state index contributed by atoms with van der Waals surface area (Å²) in [6.45, 7) is 0. The van der Waals surface area contributed by atoms with Crippen LogP contribution in [0.15, 0.2) is 96.7 Å². The van der Waals surface area contributed by atoms with Gasteiger partial charge in [0.25, 0.3) is 0 Å². The first kappa shape index (κ1) is 16.8. The molecule has 3 nitrogen and oxygen atoms in total. The molecule has 0 bridgehead atoms. The lowest BCUT2D eigenvalue weighted by atomic mass is 9.76. The average Bonchev–Trinajstić information content (AvgIpc) is 2.92. The van der Waals surface area contributed by atoms with E-state index in [0.717, 1.165) is 22.6 Å². The molecule has 138 valence electrons. The number of Topliss-reactive ketones (excluding diaryl/α,β-unsaturated/α-hetero) is 1. The second-order valence-corrected chi connectivity index (χ2v) is 7.49. The van der Waals surface area contributed by atoms with E-state index in [0.29, 0.717) is 6.42 Å². The molecule has 0 radical (unpaired) electrons. The molecule has 2 N–H and O–H groups in total. The number of allylic oxidation sites excluding steroid dienone is 1. The number of para-hydroxylation sites is 2. The maximum absolute atomic E-state index is 13.4. The first-order valence-corrected chi connectivity index (χ1v) is 9.76. The Morgan fingerprint density at radius 3 is 2.04 bits per heavy atom. The van der Waals surface area contributed by atoms with E-state index in [1.165, 1.54) is 5.56 Å². The Labute approximate surface area is 165 Å². The van der Waals surface area contributed by atoms with Crippen molar-refractivity contribution in [2.45, 2.75) is 18.4 Å². The number of hydrogen-bond acceptors (Lipinski definition) is 3. The van der Waals surface area contributed by atoms with Gasteiger partial charge in [0, 0.05) is 18.0 Å². The molecular formula is C25H22N2O. The molecule has 3 atom stereocenters. The first-order chi connectivity index (χ1) is 13.8. The zero-order valence-corrected chi connectivity index (χ0v) is 15.5. The number of carbonyl (C=O) groups excluding carboxylic acids is 1. The molecule has 2 aliphatic rings. The van der Waals surface area contributed by atoms with Gasteiger partial charge in [-0.2, -0.15) is 0 Å². The van der Waals surface area contributed by atoms with Crippen LogP contribution in [-0.4, -0.2) is 5.78 Å². The monoisotopic (exact) mass is 366 g/mol. The summed E-state index contributed by atoms with van der Waals surface area (Å²) < 4.78 is 0. The van der Waals surface area contributed by atoms with Crippen LogP contribution >= 0.6 is 0 Å². The van der Waals surface area contributed by atoms with Crippen molar-refractivity contribution in [2.75, 3.05) is 10.6 Å². The quantitative estimate of drug-likeness (QED) is 0.627. The molecule has 0 saturated heterocycles. The minimum Gasteiger partial charge on any atom is -0.375 e. The normalized spacial score (nSPS) is 23.4. The largest absolute Gasteiger partial charge is 0.375 e. The predicted molar refractivity (Wildman–Crippen MR) is 113 cm³/mol. The predicted octanol–water partition coefficient (Wildman–Crippen LogP) is 5.52. The summed E-state index contributed by atoms with van der Waals surface area (Å²) >= 11 is 0. The highest BCUT2D eigenvalue weighted by Gasteiger charge is 2.39. The fraction of sp³-hybridized carbons (Fsp3) is 0.160. The Bertz CT molecular complexity index is 1030. The number of ketones is 1. The lowest BCUT2D eigenvalue weighted by Gasteiger charge is -2.32. The van der Waals surface area contributed by atoms with Gasteiger partial charge < -0.3 is 10.6 Å². The van der Waals surface area contributed by atoms with Crippen molar-refractivity contribution in [3.63, 3.8) is 0 Å². The van der Waals surface area contributed by atoms with E-state index in [1.54, 1.807) is 0 Å². The third kappa shape index (κ3) is 2.99. The van der Waals surface area contributed by atoms with E-state index >= 15 is 0 Å². The zero-order chi connectivity index (χ0) is 18.9. The van der Waals surface area contributed by atoms with Crippen LogP contribution in [0.5, 0.6) is 0 Å². The molecule has 5 rings (SSSR count). The smallest absolute Gasteiger partial charge is 0.145 e. The fourth-order valence-corrected chi connectivity index (χ4v) is 4.36. The molecule has 3 aromatic rings. The van der Waals surface area contributed by atoms with Crippen molar-refractivity contribution in [1.29, 1.82) is 0 Å². The molecule has 3 aromatic carbocycles. The molecule has 1 heterocycles. The van der Waals surface area contributed by atoms with E-state index in [-0.39, 0.29) is 23.7 Å². The molecule has 1 aliphatic carbocycles. The van der Waals surface area contributed by atoms with Crippen molar-refractivity contribution >= 4 is 17.2 Å². The molecule has 28 heavy (non-hydrogen) atoms. The molecule has 3 heteroatoms. The molecule has 0 aromatic heterocycles. The Hall–Kier alpha value is -3.33. The minimum absolute atomic E-state index is 0.0900. The Morgan fingerprint density at radius 1 is 0.714 bits per heavy atom. The van der Waals surface area contributed by atoms with Gasteiger partial charge in [-0.25, -0.2) is 0 Å². The van der Waals surface area contributed by atoms with Crippen LogP contribution in [0.4, 0.5) is 11.4 Å². The van der Waals surface area contributed by atoms with Crippen molar-refractivity contribution in [1.82, 2.24) is 0 Å². The molecule has 0 amide bonds. The van der Waals surface area contributed by atoms with Crippen LogP contribution in [0.2, 0.25) is 0 Å². The van der Waals surface area contributed by atoms with Gasteiger partial charge in [0.1, 0.15) is 5.78 Å². The van der Waals surface area contributed by atoms with E-state index in [9.17, 15) is 4.79 Å². The molecule has 3 unspecified atom stereocenters. The van der Waals surface area contributed by atoms with Gasteiger partial charge >= 0.3 is 0 Å². The van der Waals surface area contributed by atoms with Crippen molar-refractivity contribution in [3.05, 3.63) is 108 Å². The lowest BCUT2D eigenvalue weighted by Crippen LogP contribution is -2.33. The lowest BCUT2D eigenvalue weighted by molar-refractivity contribution is -0.122. The number of hydrogen-bond donors (Lipinski definition) is 2. The summed E-state index contributed by atoms with van der Waals surface area (Å²) in [5.74, 6) is 0.150. The third-order valence-electron chi connectivity index (χ3n) is 5.72. The van der Waals surface area contributed by atoms with Crippen LogP contribution < -0.4 is 10.6 Å². The highest BCUT2D eigenvalue weighted by atomic mass is 16.1. The second-order valence-electron chi connectivity index (χ2n) is 7.49. The topological polar surface area (TPSA) is 41.1 Å². The molecular weight excluding hydrogens is 344 g/mol. The van der Waals surface area contributed by atoms with Crippen LogP contribution in [-0.2, 0) is 4.79 Å². The molecule has 0 saturated carbocycles. The summed E-state index contributed by atoms with van der Waals surface area (Å²) in [5.41, 5.74) is 5.35. The standard InChI is InChI=1S/C25H22N2O/c28-23-16-19(17-9-3-1-4-10-17)15-22-24(23)25(18-11-5-2-6-12-18)27-21-14-8-7-13-20(21)26-22/h1-15,19,24-27H,16H2. The van der Waals surface area contributed by atoms with Crippen molar-refractivity contribution in [3.8, 4) is 0 Å². The number of carbonyl (C=O) groups is 1. The SMILES string of the molecule is O=C1CC(c2ccccc2)C=C2Nc3ccccc3NC(c3ccccc3)C12. The number of fused-ring (bicyclic) bond motifs is 2. The van der Waals surface area contributed by atoms with Gasteiger partial charge in [-0.1, -0.05) is 78.9 Å². The van der Waals surface area contributed by atoms with E-state index in [1.807, 2.05) is 48.5 Å². The maximum atomic E-state index is 13.4. The van der Waals surface area contributed by atoms with Gasteiger partial charge in [-0.05, 0) is 23.3 Å². The Kier molecular flexibility index (Phi) is 4.21. The van der Waals surface area contributed by atoms with Gasteiger partial charge in [0.15, 0.2) is 0 Å². The zero-order valence-electron chi connectivity index (χ0n) is 15.5. The Morgan fingerprint density at radius 2 is 1.32 bits per heavy atom. The van der Waals surface area contributed by atoms with Gasteiger partial charge in [-0.15, -0.1) is 0 Å². The number of anilines is 2. The number of benzene rings is 3. The average molecular weight is 366 g/mol. The van der Waals surface area contributed by atoms with E-state index in [4.69, 9.17) is 0 Å².